The number of fused-ring (bicyclic) bond motifs is 2. The van der Waals surface area contributed by atoms with Crippen molar-refractivity contribution < 1.29 is 13.2 Å². The van der Waals surface area contributed by atoms with Crippen LogP contribution in [0.25, 0.3) is 28.2 Å². The third-order valence-electron chi connectivity index (χ3n) is 5.09. The van der Waals surface area contributed by atoms with Crippen molar-refractivity contribution in [3.63, 3.8) is 0 Å². The topological polar surface area (TPSA) is 65.6 Å². The third kappa shape index (κ3) is 3.08. The number of halogens is 3. The van der Waals surface area contributed by atoms with Crippen LogP contribution in [0, 0.1) is 0 Å². The van der Waals surface area contributed by atoms with Crippen LogP contribution in [-0.4, -0.2) is 24.3 Å². The lowest BCUT2D eigenvalue weighted by Gasteiger charge is -2.09. The predicted octanol–water partition coefficient (Wildman–Crippen LogP) is 3.94. The Hall–Kier alpha value is -3.75. The molecule has 4 aromatic rings. The van der Waals surface area contributed by atoms with Crippen molar-refractivity contribution in [3.8, 4) is 5.69 Å². The minimum Gasteiger partial charge on any atom is -0.292 e. The Morgan fingerprint density at radius 2 is 1.87 bits per heavy atom. The molecule has 0 saturated carbocycles. The van der Waals surface area contributed by atoms with Crippen LogP contribution in [0.15, 0.2) is 59.9 Å². The molecule has 2 aromatic heterocycles. The average molecular weight is 409 g/mol. The van der Waals surface area contributed by atoms with Gasteiger partial charge in [0.1, 0.15) is 18.5 Å². The van der Waals surface area contributed by atoms with E-state index in [1.807, 2.05) is 30.3 Å². The number of rotatable bonds is 2. The Labute approximate surface area is 167 Å². The number of benzene rings is 2. The Bertz CT molecular complexity index is 1340. The SMILES string of the molecule is O=c1c2ccc(C(F)(F)F)cc2nc2n1CC/C2=C/c1ccc(-n2cncn2)cc1. The molecule has 0 N–H and O–H groups in total. The van der Waals surface area contributed by atoms with Gasteiger partial charge in [0.2, 0.25) is 0 Å². The molecule has 30 heavy (non-hydrogen) atoms. The van der Waals surface area contributed by atoms with Crippen LogP contribution in [0.2, 0.25) is 0 Å². The Morgan fingerprint density at radius 3 is 2.57 bits per heavy atom. The maximum atomic E-state index is 13.1. The maximum absolute atomic E-state index is 13.1. The van der Waals surface area contributed by atoms with Gasteiger partial charge in [-0.15, -0.1) is 0 Å². The Balaban J connectivity index is 1.56. The van der Waals surface area contributed by atoms with E-state index in [0.717, 1.165) is 29.0 Å². The van der Waals surface area contributed by atoms with Crippen molar-refractivity contribution in [1.29, 1.82) is 0 Å². The quantitative estimate of drug-likeness (QED) is 0.503. The van der Waals surface area contributed by atoms with Gasteiger partial charge in [-0.25, -0.2) is 14.6 Å². The summed E-state index contributed by atoms with van der Waals surface area (Å²) >= 11 is 0. The summed E-state index contributed by atoms with van der Waals surface area (Å²) in [7, 11) is 0. The lowest BCUT2D eigenvalue weighted by Crippen LogP contribution is -2.21. The van der Waals surface area contributed by atoms with Crippen LogP contribution in [-0.2, 0) is 12.7 Å². The molecule has 0 saturated heterocycles. The van der Waals surface area contributed by atoms with Gasteiger partial charge in [-0.05, 0) is 54.0 Å². The van der Waals surface area contributed by atoms with Gasteiger partial charge < -0.3 is 0 Å². The number of nitrogens with zero attached hydrogens (tertiary/aromatic N) is 5. The summed E-state index contributed by atoms with van der Waals surface area (Å²) < 4.78 is 42.3. The fourth-order valence-corrected chi connectivity index (χ4v) is 3.60. The van der Waals surface area contributed by atoms with Crippen LogP contribution in [0.3, 0.4) is 0 Å². The van der Waals surface area contributed by atoms with Crippen LogP contribution in [0.1, 0.15) is 23.4 Å². The van der Waals surface area contributed by atoms with E-state index in [-0.39, 0.29) is 16.5 Å². The van der Waals surface area contributed by atoms with Crippen LogP contribution < -0.4 is 5.56 Å². The van der Waals surface area contributed by atoms with Crippen molar-refractivity contribution in [2.75, 3.05) is 0 Å². The zero-order chi connectivity index (χ0) is 20.9. The van der Waals surface area contributed by atoms with E-state index in [1.165, 1.54) is 17.0 Å². The normalized spacial score (nSPS) is 15.1. The molecule has 5 rings (SSSR count). The second-order valence-electron chi connectivity index (χ2n) is 6.97. The summed E-state index contributed by atoms with van der Waals surface area (Å²) in [6.45, 7) is 0.445. The second-order valence-corrected chi connectivity index (χ2v) is 6.97. The highest BCUT2D eigenvalue weighted by atomic mass is 19.4. The molecule has 0 aliphatic carbocycles. The van der Waals surface area contributed by atoms with Gasteiger partial charge >= 0.3 is 6.18 Å². The van der Waals surface area contributed by atoms with Gasteiger partial charge in [-0.1, -0.05) is 12.1 Å². The largest absolute Gasteiger partial charge is 0.416 e. The predicted molar refractivity (Wildman–Crippen MR) is 105 cm³/mol. The Morgan fingerprint density at radius 1 is 1.07 bits per heavy atom. The summed E-state index contributed by atoms with van der Waals surface area (Å²) in [5.74, 6) is 0.409. The molecule has 1 aliphatic rings. The highest BCUT2D eigenvalue weighted by Gasteiger charge is 2.31. The lowest BCUT2D eigenvalue weighted by molar-refractivity contribution is -0.137. The second kappa shape index (κ2) is 6.65. The molecule has 2 aromatic carbocycles. The maximum Gasteiger partial charge on any atom is 0.416 e. The molecule has 0 unspecified atom stereocenters. The summed E-state index contributed by atoms with van der Waals surface area (Å²) in [5, 5.41) is 4.26. The standard InChI is InChI=1S/C21H14F3N5O/c22-21(23,24)15-3-6-17-18(10-15)27-19-14(7-8-28(19)20(17)30)9-13-1-4-16(5-2-13)29-12-25-11-26-29/h1-6,9-12H,7-8H2/b14-9-. The van der Waals surface area contributed by atoms with E-state index in [0.29, 0.717) is 18.8 Å². The molecule has 1 aliphatic heterocycles. The van der Waals surface area contributed by atoms with Gasteiger partial charge in [-0.3, -0.25) is 9.36 Å². The molecule has 3 heterocycles. The molecule has 0 radical (unpaired) electrons. The van der Waals surface area contributed by atoms with Crippen LogP contribution >= 0.6 is 0 Å². The molecule has 0 amide bonds. The first-order valence-electron chi connectivity index (χ1n) is 9.18. The zero-order valence-electron chi connectivity index (χ0n) is 15.5. The van der Waals surface area contributed by atoms with Crippen molar-refractivity contribution in [2.24, 2.45) is 0 Å². The minimum atomic E-state index is -4.49. The van der Waals surface area contributed by atoms with Gasteiger partial charge in [0.05, 0.1) is 22.2 Å². The number of allylic oxidation sites excluding steroid dienone is 1. The molecule has 150 valence electrons. The molecule has 9 heteroatoms. The molecular formula is C21H14F3N5O. The van der Waals surface area contributed by atoms with E-state index >= 15 is 0 Å². The number of hydrogen-bond donors (Lipinski definition) is 0. The monoisotopic (exact) mass is 409 g/mol. The van der Waals surface area contributed by atoms with Crippen LogP contribution in [0.5, 0.6) is 0 Å². The van der Waals surface area contributed by atoms with E-state index in [1.54, 1.807) is 11.0 Å². The summed E-state index contributed by atoms with van der Waals surface area (Å²) in [4.78, 5) is 21.1. The van der Waals surface area contributed by atoms with Crippen molar-refractivity contribution in [2.45, 2.75) is 19.1 Å². The van der Waals surface area contributed by atoms with E-state index in [2.05, 4.69) is 15.1 Å². The smallest absolute Gasteiger partial charge is 0.292 e. The van der Waals surface area contributed by atoms with Gasteiger partial charge in [-0.2, -0.15) is 18.3 Å². The minimum absolute atomic E-state index is 0.0513. The Kier molecular flexibility index (Phi) is 4.05. The molecule has 0 atom stereocenters. The highest BCUT2D eigenvalue weighted by Crippen LogP contribution is 2.32. The summed E-state index contributed by atoms with van der Waals surface area (Å²) in [6.07, 6.45) is 1.03. The fourth-order valence-electron chi connectivity index (χ4n) is 3.60. The molecular weight excluding hydrogens is 395 g/mol. The zero-order valence-corrected chi connectivity index (χ0v) is 15.5. The van der Waals surface area contributed by atoms with Crippen molar-refractivity contribution >= 4 is 22.6 Å². The van der Waals surface area contributed by atoms with Gasteiger partial charge in [0.15, 0.2) is 0 Å². The van der Waals surface area contributed by atoms with E-state index in [9.17, 15) is 18.0 Å². The number of hydrogen-bond acceptors (Lipinski definition) is 4. The lowest BCUT2D eigenvalue weighted by atomic mass is 10.1. The van der Waals surface area contributed by atoms with Gasteiger partial charge in [0, 0.05) is 6.54 Å². The molecule has 0 fully saturated rings. The summed E-state index contributed by atoms with van der Waals surface area (Å²) in [5.41, 5.74) is 1.45. The summed E-state index contributed by atoms with van der Waals surface area (Å²) in [6, 6.07) is 10.6. The van der Waals surface area contributed by atoms with Crippen molar-refractivity contribution in [3.05, 3.63) is 82.4 Å². The van der Waals surface area contributed by atoms with Crippen molar-refractivity contribution in [1.82, 2.24) is 24.3 Å². The van der Waals surface area contributed by atoms with Crippen LogP contribution in [0.4, 0.5) is 13.2 Å². The molecule has 0 spiro atoms. The average Bonchev–Trinajstić information content (AvgIpc) is 3.39. The van der Waals surface area contributed by atoms with E-state index < -0.39 is 11.7 Å². The third-order valence-corrected chi connectivity index (χ3v) is 5.09. The fraction of sp³-hybridized carbons (Fsp3) is 0.143. The number of aromatic nitrogens is 5. The first-order chi connectivity index (χ1) is 14.4. The van der Waals surface area contributed by atoms with Gasteiger partial charge in [0.25, 0.3) is 5.56 Å². The molecule has 0 bridgehead atoms. The molecule has 6 nitrogen and oxygen atoms in total. The first-order valence-corrected chi connectivity index (χ1v) is 9.18. The number of alkyl halides is 3. The van der Waals surface area contributed by atoms with E-state index in [4.69, 9.17) is 0 Å². The highest BCUT2D eigenvalue weighted by molar-refractivity contribution is 5.85. The first kappa shape index (κ1) is 18.3.